The van der Waals surface area contributed by atoms with Crippen molar-refractivity contribution in [3.63, 3.8) is 0 Å². The van der Waals surface area contributed by atoms with Crippen LogP contribution in [0, 0.1) is 5.41 Å². The van der Waals surface area contributed by atoms with Gasteiger partial charge in [-0.25, -0.2) is 19.3 Å². The number of halogens is 1. The van der Waals surface area contributed by atoms with Gasteiger partial charge in [-0.05, 0) is 44.2 Å². The van der Waals surface area contributed by atoms with E-state index in [2.05, 4.69) is 43.9 Å². The Morgan fingerprint density at radius 1 is 1.08 bits per heavy atom. The number of methoxy groups -OCH3 is 2. The Kier molecular flexibility index (Phi) is 7.32. The topological polar surface area (TPSA) is 106 Å². The van der Waals surface area contributed by atoms with Crippen molar-refractivity contribution in [1.29, 1.82) is 0 Å². The number of phenols is 1. The van der Waals surface area contributed by atoms with Crippen molar-refractivity contribution in [1.82, 2.24) is 25.1 Å². The molecule has 0 aliphatic heterocycles. The average molecular weight is 523 g/mol. The summed E-state index contributed by atoms with van der Waals surface area (Å²) < 4.78 is 26.3. The molecule has 2 heterocycles. The Balaban J connectivity index is 1.39. The lowest BCUT2D eigenvalue weighted by atomic mass is 9.69. The van der Waals surface area contributed by atoms with Crippen molar-refractivity contribution in [2.24, 2.45) is 5.41 Å². The van der Waals surface area contributed by atoms with Gasteiger partial charge < -0.3 is 19.5 Å². The lowest BCUT2D eigenvalue weighted by Crippen LogP contribution is -2.52. The van der Waals surface area contributed by atoms with Crippen molar-refractivity contribution in [3.05, 3.63) is 30.6 Å². The van der Waals surface area contributed by atoms with E-state index >= 15 is 4.39 Å². The van der Waals surface area contributed by atoms with Gasteiger partial charge in [0, 0.05) is 17.0 Å². The van der Waals surface area contributed by atoms with E-state index in [0.29, 0.717) is 28.5 Å². The van der Waals surface area contributed by atoms with E-state index in [9.17, 15) is 5.11 Å². The Morgan fingerprint density at radius 3 is 2.50 bits per heavy atom. The van der Waals surface area contributed by atoms with E-state index in [0.717, 1.165) is 44.9 Å². The zero-order chi connectivity index (χ0) is 26.9. The summed E-state index contributed by atoms with van der Waals surface area (Å²) in [5.74, 6) is 1.41. The van der Waals surface area contributed by atoms with Crippen molar-refractivity contribution >= 4 is 5.82 Å². The van der Waals surface area contributed by atoms with E-state index in [-0.39, 0.29) is 35.0 Å². The molecule has 9 nitrogen and oxygen atoms in total. The van der Waals surface area contributed by atoms with Crippen LogP contribution in [0.5, 0.6) is 17.5 Å². The van der Waals surface area contributed by atoms with Gasteiger partial charge in [-0.15, -0.1) is 10.2 Å². The van der Waals surface area contributed by atoms with Gasteiger partial charge in [-0.1, -0.05) is 32.8 Å². The van der Waals surface area contributed by atoms with Gasteiger partial charge >= 0.3 is 0 Å². The predicted molar refractivity (Wildman–Crippen MR) is 142 cm³/mol. The lowest BCUT2D eigenvalue weighted by molar-refractivity contribution is 0.0423. The van der Waals surface area contributed by atoms with Gasteiger partial charge in [0.05, 0.1) is 43.9 Å². The smallest absolute Gasteiger partial charge is 0.278 e. The summed E-state index contributed by atoms with van der Waals surface area (Å²) >= 11 is 0. The van der Waals surface area contributed by atoms with Crippen LogP contribution in [0.25, 0.3) is 22.6 Å². The fourth-order valence-electron chi connectivity index (χ4n) is 5.72. The molecular formula is C28H35FN6O3. The summed E-state index contributed by atoms with van der Waals surface area (Å²) in [5, 5.41) is 19.6. The average Bonchev–Trinajstić information content (AvgIpc) is 3.77. The Morgan fingerprint density at radius 2 is 1.87 bits per heavy atom. The minimum atomic E-state index is -0.922. The molecule has 0 spiro atoms. The molecule has 2 aliphatic rings. The molecule has 10 heteroatoms. The Labute approximate surface area is 222 Å². The molecular weight excluding hydrogens is 487 g/mol. The third kappa shape index (κ3) is 4.96. The van der Waals surface area contributed by atoms with Gasteiger partial charge in [0.15, 0.2) is 11.6 Å². The fourth-order valence-corrected chi connectivity index (χ4v) is 5.72. The van der Waals surface area contributed by atoms with Gasteiger partial charge in [0.25, 0.3) is 11.8 Å². The van der Waals surface area contributed by atoms with Crippen LogP contribution in [0.4, 0.5) is 10.2 Å². The summed E-state index contributed by atoms with van der Waals surface area (Å²) in [6, 6.07) is 5.14. The Bertz CT molecular complexity index is 1270. The molecule has 1 aromatic carbocycles. The molecule has 2 fully saturated rings. The number of aromatic hydroxyl groups is 1. The first-order valence-electron chi connectivity index (χ1n) is 13.3. The number of nitrogens with zero attached hydrogens (tertiary/aromatic N) is 6. The van der Waals surface area contributed by atoms with Crippen LogP contribution >= 0.6 is 0 Å². The lowest BCUT2D eigenvalue weighted by Gasteiger charge is -2.46. The quantitative estimate of drug-likeness (QED) is 0.396. The van der Waals surface area contributed by atoms with Gasteiger partial charge in [-0.3, -0.25) is 0 Å². The predicted octanol–water partition coefficient (Wildman–Crippen LogP) is 5.38. The zero-order valence-electron chi connectivity index (χ0n) is 22.4. The number of anilines is 1. The molecule has 3 atom stereocenters. The third-order valence-electron chi connectivity index (χ3n) is 7.81. The first kappa shape index (κ1) is 26.1. The summed E-state index contributed by atoms with van der Waals surface area (Å²) in [7, 11) is 2.98. The molecule has 2 saturated carbocycles. The number of benzene rings is 1. The van der Waals surface area contributed by atoms with E-state index in [1.165, 1.54) is 14.2 Å². The molecule has 3 aromatic rings. The summed E-state index contributed by atoms with van der Waals surface area (Å²) in [6.45, 7) is 4.21. The standard InChI is InChI=1S/C28H35FN6O3/c1-5-12-28(2)13-6-7-21(24(28)29)35(18-9-10-18)23-16-30-25(34-33-23)19-11-8-17(14-22(19)36)20-15-31-26(37-3)27(32-20)38-4/h8,11,14-16,18,21,24,36H,5-7,9-10,12-13H2,1-4H3/t21-,24-,28+/m0/s1. The van der Waals surface area contributed by atoms with E-state index in [4.69, 9.17) is 9.47 Å². The maximum Gasteiger partial charge on any atom is 0.278 e. The molecule has 2 aliphatic carbocycles. The van der Waals surface area contributed by atoms with Crippen LogP contribution in [0.3, 0.4) is 0 Å². The van der Waals surface area contributed by atoms with Gasteiger partial charge in [0.2, 0.25) is 0 Å². The monoisotopic (exact) mass is 522 g/mol. The van der Waals surface area contributed by atoms with Crippen molar-refractivity contribution < 1.29 is 19.0 Å². The number of alkyl halides is 1. The highest BCUT2D eigenvalue weighted by Gasteiger charge is 2.48. The number of phenolic OH excluding ortho intramolecular Hbond substituents is 1. The first-order chi connectivity index (χ1) is 18.4. The van der Waals surface area contributed by atoms with Crippen LogP contribution in [-0.4, -0.2) is 62.7 Å². The molecule has 1 N–H and O–H groups in total. The summed E-state index contributed by atoms with van der Waals surface area (Å²) in [4.78, 5) is 15.3. The highest BCUT2D eigenvalue weighted by molar-refractivity contribution is 5.71. The van der Waals surface area contributed by atoms with Crippen LogP contribution in [0.1, 0.15) is 58.8 Å². The minimum absolute atomic E-state index is 0.0147. The molecule has 0 unspecified atom stereocenters. The summed E-state index contributed by atoms with van der Waals surface area (Å²) in [6.07, 6.45) is 8.93. The molecule has 2 aromatic heterocycles. The van der Waals surface area contributed by atoms with E-state index in [1.54, 1.807) is 30.6 Å². The normalized spacial score (nSPS) is 23.2. The van der Waals surface area contributed by atoms with Crippen molar-refractivity contribution in [3.8, 4) is 40.2 Å². The molecule has 0 bridgehead atoms. The number of rotatable bonds is 9. The zero-order valence-corrected chi connectivity index (χ0v) is 22.4. The maximum atomic E-state index is 15.9. The highest BCUT2D eigenvalue weighted by Crippen LogP contribution is 2.46. The number of aromatic nitrogens is 5. The molecule has 0 saturated heterocycles. The second-order valence-electron chi connectivity index (χ2n) is 10.5. The van der Waals surface area contributed by atoms with Gasteiger partial charge in [0.1, 0.15) is 11.9 Å². The minimum Gasteiger partial charge on any atom is -0.507 e. The van der Waals surface area contributed by atoms with Gasteiger partial charge in [-0.2, -0.15) is 0 Å². The first-order valence-corrected chi connectivity index (χ1v) is 13.3. The second-order valence-corrected chi connectivity index (χ2v) is 10.5. The molecule has 202 valence electrons. The third-order valence-corrected chi connectivity index (χ3v) is 7.81. The molecule has 5 rings (SSSR count). The molecule has 0 radical (unpaired) electrons. The number of ether oxygens (including phenoxy) is 2. The fraction of sp³-hybridized carbons (Fsp3) is 0.536. The highest BCUT2D eigenvalue weighted by atomic mass is 19.1. The number of hydrogen-bond acceptors (Lipinski definition) is 9. The van der Waals surface area contributed by atoms with Crippen molar-refractivity contribution in [2.75, 3.05) is 19.1 Å². The van der Waals surface area contributed by atoms with Crippen LogP contribution in [-0.2, 0) is 0 Å². The molecule has 38 heavy (non-hydrogen) atoms. The second kappa shape index (κ2) is 10.7. The van der Waals surface area contributed by atoms with E-state index < -0.39 is 6.17 Å². The van der Waals surface area contributed by atoms with Crippen molar-refractivity contribution in [2.45, 2.75) is 77.0 Å². The largest absolute Gasteiger partial charge is 0.507 e. The SMILES string of the molecule is CCC[C@]1(C)CCC[C@H](N(c2cnc(-c3ccc(-c4cnc(OC)c(OC)n4)cc3O)nn2)C2CC2)[C@@H]1F. The van der Waals surface area contributed by atoms with Crippen LogP contribution in [0.15, 0.2) is 30.6 Å². The number of hydrogen-bond donors (Lipinski definition) is 1. The van der Waals surface area contributed by atoms with Crippen LogP contribution in [0.2, 0.25) is 0 Å². The summed E-state index contributed by atoms with van der Waals surface area (Å²) in [5.41, 5.74) is 1.29. The maximum absolute atomic E-state index is 15.9. The van der Waals surface area contributed by atoms with E-state index in [1.807, 2.05) is 0 Å². The molecule has 0 amide bonds. The van der Waals surface area contributed by atoms with Crippen LogP contribution < -0.4 is 14.4 Å². The Hall–Kier alpha value is -3.56.